The van der Waals surface area contributed by atoms with Gasteiger partial charge in [-0.25, -0.2) is 4.39 Å². The van der Waals surface area contributed by atoms with Crippen molar-refractivity contribution < 1.29 is 18.8 Å². The van der Waals surface area contributed by atoms with E-state index in [9.17, 15) is 18.8 Å². The molecule has 0 spiro atoms. The van der Waals surface area contributed by atoms with E-state index in [1.165, 1.54) is 4.68 Å². The predicted octanol–water partition coefficient (Wildman–Crippen LogP) is 2.44. The van der Waals surface area contributed by atoms with E-state index >= 15 is 0 Å². The molecule has 29 heavy (non-hydrogen) atoms. The monoisotopic (exact) mass is 396 g/mol. The molecule has 2 aliphatic heterocycles. The van der Waals surface area contributed by atoms with Gasteiger partial charge in [0.2, 0.25) is 0 Å². The maximum atomic E-state index is 13.6. The van der Waals surface area contributed by atoms with Crippen molar-refractivity contribution >= 4 is 17.7 Å². The topological polar surface area (TPSA) is 75.5 Å². The minimum Gasteiger partial charge on any atom is -0.336 e. The van der Waals surface area contributed by atoms with Crippen LogP contribution in [0.4, 0.5) is 4.39 Å². The Morgan fingerprint density at radius 2 is 1.72 bits per heavy atom. The van der Waals surface area contributed by atoms with Crippen LogP contribution in [0.5, 0.6) is 0 Å². The van der Waals surface area contributed by atoms with Crippen molar-refractivity contribution in [3.05, 3.63) is 64.7 Å². The smallest absolute Gasteiger partial charge is 0.261 e. The summed E-state index contributed by atoms with van der Waals surface area (Å²) in [6, 6.07) is 6.63. The van der Waals surface area contributed by atoms with Gasteiger partial charge in [-0.05, 0) is 31.6 Å². The Hall–Kier alpha value is -3.29. The number of amides is 3. The summed E-state index contributed by atoms with van der Waals surface area (Å²) in [6.45, 7) is 4.39. The van der Waals surface area contributed by atoms with Crippen molar-refractivity contribution in [3.63, 3.8) is 0 Å². The van der Waals surface area contributed by atoms with Gasteiger partial charge in [0.25, 0.3) is 17.7 Å². The third-order valence-corrected chi connectivity index (χ3v) is 5.30. The molecule has 0 bridgehead atoms. The molecule has 0 N–H and O–H groups in total. The van der Waals surface area contributed by atoms with Crippen molar-refractivity contribution in [1.29, 1.82) is 0 Å². The van der Waals surface area contributed by atoms with Gasteiger partial charge >= 0.3 is 0 Å². The quantitative estimate of drug-likeness (QED) is 0.728. The molecule has 0 atom stereocenters. The van der Waals surface area contributed by atoms with Crippen LogP contribution in [0.15, 0.2) is 42.4 Å². The molecule has 8 heteroatoms. The van der Waals surface area contributed by atoms with Crippen LogP contribution >= 0.6 is 0 Å². The molecular weight excluding hydrogens is 375 g/mol. The summed E-state index contributed by atoms with van der Waals surface area (Å²) in [5.41, 5.74) is 2.07. The van der Waals surface area contributed by atoms with Crippen molar-refractivity contribution in [3.8, 4) is 0 Å². The molecule has 0 radical (unpaired) electrons. The first-order chi connectivity index (χ1) is 13.9. The van der Waals surface area contributed by atoms with Gasteiger partial charge in [0, 0.05) is 25.2 Å². The summed E-state index contributed by atoms with van der Waals surface area (Å²) in [5, 5.41) is 4.41. The molecule has 150 valence electrons. The molecule has 0 saturated carbocycles. The zero-order valence-electron chi connectivity index (χ0n) is 16.3. The average Bonchev–Trinajstić information content (AvgIpc) is 3.22. The Morgan fingerprint density at radius 3 is 2.31 bits per heavy atom. The van der Waals surface area contributed by atoms with Crippen molar-refractivity contribution in [2.75, 3.05) is 13.1 Å². The molecule has 0 aliphatic carbocycles. The Labute approximate surface area is 167 Å². The van der Waals surface area contributed by atoms with E-state index in [1.807, 2.05) is 13.8 Å². The Kier molecular flexibility index (Phi) is 4.77. The number of hydrogen-bond acceptors (Lipinski definition) is 4. The Balaban J connectivity index is 1.51. The number of benzene rings is 1. The van der Waals surface area contributed by atoms with Crippen LogP contribution in [0.1, 0.15) is 50.6 Å². The molecule has 2 aromatic rings. The van der Waals surface area contributed by atoms with Crippen molar-refractivity contribution in [2.45, 2.75) is 32.9 Å². The molecule has 3 heterocycles. The number of imide groups is 1. The first-order valence-corrected chi connectivity index (χ1v) is 9.51. The second kappa shape index (κ2) is 7.27. The van der Waals surface area contributed by atoms with Crippen LogP contribution in [0.25, 0.3) is 0 Å². The van der Waals surface area contributed by atoms with E-state index in [4.69, 9.17) is 0 Å². The second-order valence-electron chi connectivity index (χ2n) is 7.54. The zero-order valence-corrected chi connectivity index (χ0v) is 16.3. The van der Waals surface area contributed by atoms with Gasteiger partial charge in [0.1, 0.15) is 0 Å². The van der Waals surface area contributed by atoms with E-state index in [2.05, 4.69) is 5.10 Å². The molecule has 0 unspecified atom stereocenters. The lowest BCUT2D eigenvalue weighted by atomic mass is 10.1. The van der Waals surface area contributed by atoms with E-state index in [0.29, 0.717) is 41.7 Å². The fourth-order valence-corrected chi connectivity index (χ4v) is 3.79. The lowest BCUT2D eigenvalue weighted by Crippen LogP contribution is -2.41. The van der Waals surface area contributed by atoms with Crippen LogP contribution in [-0.4, -0.2) is 56.4 Å². The van der Waals surface area contributed by atoms with Crippen LogP contribution in [0.2, 0.25) is 0 Å². The molecule has 2 aliphatic rings. The average molecular weight is 396 g/mol. The third kappa shape index (κ3) is 3.24. The third-order valence-electron chi connectivity index (χ3n) is 5.30. The van der Waals surface area contributed by atoms with Crippen LogP contribution < -0.4 is 0 Å². The fraction of sp³-hybridized carbons (Fsp3) is 0.333. The zero-order chi connectivity index (χ0) is 20.7. The number of carbonyl (C=O) groups is 3. The number of hydrogen-bond donors (Lipinski definition) is 0. The highest BCUT2D eigenvalue weighted by Crippen LogP contribution is 2.24. The van der Waals surface area contributed by atoms with Crippen LogP contribution in [-0.2, 0) is 13.0 Å². The highest BCUT2D eigenvalue weighted by molar-refractivity contribution is 6.21. The molecule has 0 fully saturated rings. The van der Waals surface area contributed by atoms with E-state index in [0.717, 1.165) is 4.90 Å². The van der Waals surface area contributed by atoms with Gasteiger partial charge in [-0.1, -0.05) is 12.1 Å². The number of fused-ring (bicyclic) bond motifs is 2. The summed E-state index contributed by atoms with van der Waals surface area (Å²) in [5.74, 6) is -0.960. The minimum atomic E-state index is -0.438. The van der Waals surface area contributed by atoms with Crippen LogP contribution in [0, 0.1) is 0 Å². The highest BCUT2D eigenvalue weighted by Gasteiger charge is 2.35. The first-order valence-electron chi connectivity index (χ1n) is 9.51. The second-order valence-corrected chi connectivity index (χ2v) is 7.54. The molecular formula is C21H21FN4O3. The van der Waals surface area contributed by atoms with Gasteiger partial charge in [-0.3, -0.25) is 24.0 Å². The lowest BCUT2D eigenvalue weighted by molar-refractivity contribution is 0.0661. The minimum absolute atomic E-state index is 0.0475. The summed E-state index contributed by atoms with van der Waals surface area (Å²) < 4.78 is 15.1. The molecule has 0 saturated heterocycles. The summed E-state index contributed by atoms with van der Waals surface area (Å²) in [4.78, 5) is 40.4. The highest BCUT2D eigenvalue weighted by atomic mass is 19.1. The van der Waals surface area contributed by atoms with E-state index in [-0.39, 0.29) is 30.6 Å². The maximum Gasteiger partial charge on any atom is 0.261 e. The number of carbonyl (C=O) groups excluding carboxylic acids is 3. The molecule has 1 aromatic carbocycles. The number of aromatic nitrogens is 2. The molecule has 4 rings (SSSR count). The molecule has 3 amide bonds. The molecule has 1 aromatic heterocycles. The maximum absolute atomic E-state index is 13.6. The normalized spacial score (nSPS) is 16.7. The summed E-state index contributed by atoms with van der Waals surface area (Å²) >= 11 is 0. The Morgan fingerprint density at radius 1 is 1.07 bits per heavy atom. The standard InChI is InChI=1S/C21H21FN4O3/c1-13(2)25-8-7-18-17(21(25)29)12-24(23-18)10-14(9-22)11-26-19(27)15-5-3-4-6-16(15)20(26)28/h3-6,9,12-13H,7-8,10-11H2,1-2H3/b14-9-. The van der Waals surface area contributed by atoms with Crippen molar-refractivity contribution in [1.82, 2.24) is 19.6 Å². The summed E-state index contributed by atoms with van der Waals surface area (Å²) in [7, 11) is 0. The van der Waals surface area contributed by atoms with Crippen molar-refractivity contribution in [2.24, 2.45) is 0 Å². The van der Waals surface area contributed by atoms with Gasteiger partial charge in [0.05, 0.1) is 41.8 Å². The lowest BCUT2D eigenvalue weighted by Gasteiger charge is -2.29. The SMILES string of the molecule is CC(C)N1CCc2nn(C/C(=C/F)CN3C(=O)c4ccccc4C3=O)cc2C1=O. The largest absolute Gasteiger partial charge is 0.336 e. The number of halogens is 1. The van der Waals surface area contributed by atoms with E-state index < -0.39 is 11.8 Å². The molecule has 7 nitrogen and oxygen atoms in total. The van der Waals surface area contributed by atoms with Gasteiger partial charge in [0.15, 0.2) is 0 Å². The van der Waals surface area contributed by atoms with Gasteiger partial charge in [-0.2, -0.15) is 5.10 Å². The number of rotatable bonds is 5. The Bertz CT molecular complexity index is 1010. The fourth-order valence-electron chi connectivity index (χ4n) is 3.79. The van der Waals surface area contributed by atoms with Crippen LogP contribution in [0.3, 0.4) is 0 Å². The predicted molar refractivity (Wildman–Crippen MR) is 103 cm³/mol. The summed E-state index contributed by atoms with van der Waals surface area (Å²) in [6.07, 6.45) is 2.64. The first kappa shape index (κ1) is 19.0. The number of nitrogens with zero attached hydrogens (tertiary/aromatic N) is 4. The van der Waals surface area contributed by atoms with Gasteiger partial charge < -0.3 is 4.90 Å². The van der Waals surface area contributed by atoms with Gasteiger partial charge in [-0.15, -0.1) is 0 Å². The van der Waals surface area contributed by atoms with E-state index in [1.54, 1.807) is 35.4 Å².